The maximum Gasteiger partial charge on any atom is 0.309 e. The van der Waals surface area contributed by atoms with Crippen LogP contribution in [0.25, 0.3) is 0 Å². The van der Waals surface area contributed by atoms with Gasteiger partial charge >= 0.3 is 5.97 Å². The van der Waals surface area contributed by atoms with E-state index in [2.05, 4.69) is 21.3 Å². The summed E-state index contributed by atoms with van der Waals surface area (Å²) in [5.74, 6) is 1.78. The summed E-state index contributed by atoms with van der Waals surface area (Å²) in [6.07, 6.45) is 5.55. The number of halogens is 1. The molecule has 156 valence electrons. The van der Waals surface area contributed by atoms with E-state index in [1.807, 2.05) is 25.1 Å². The van der Waals surface area contributed by atoms with Crippen molar-refractivity contribution in [3.05, 3.63) is 29.8 Å². The van der Waals surface area contributed by atoms with Gasteiger partial charge in [0.25, 0.3) is 0 Å². The van der Waals surface area contributed by atoms with Crippen molar-refractivity contribution < 1.29 is 14.3 Å². The summed E-state index contributed by atoms with van der Waals surface area (Å²) < 4.78 is 11.3. The quantitative estimate of drug-likeness (QED) is 0.280. The second-order valence-corrected chi connectivity index (χ2v) is 7.19. The zero-order valence-corrected chi connectivity index (χ0v) is 19.2. The minimum absolute atomic E-state index is 0. The van der Waals surface area contributed by atoms with Gasteiger partial charge in [0, 0.05) is 32.2 Å². The topological polar surface area (TPSA) is 63.2 Å². The molecule has 7 heteroatoms. The third kappa shape index (κ3) is 5.99. The third-order valence-electron chi connectivity index (χ3n) is 5.38. The predicted molar refractivity (Wildman–Crippen MR) is 121 cm³/mol. The lowest BCUT2D eigenvalue weighted by Crippen LogP contribution is -2.46. The lowest BCUT2D eigenvalue weighted by atomic mass is 9.96. The fraction of sp³-hybridized carbons (Fsp3) is 0.619. The van der Waals surface area contributed by atoms with E-state index in [0.717, 1.165) is 56.0 Å². The number of aliphatic imine (C=N–C) groups is 1. The highest BCUT2D eigenvalue weighted by molar-refractivity contribution is 14.0. The molecule has 1 heterocycles. The molecule has 1 saturated carbocycles. The molecule has 0 aromatic heterocycles. The molecular weight excluding hydrogens is 469 g/mol. The Morgan fingerprint density at radius 2 is 1.93 bits per heavy atom. The van der Waals surface area contributed by atoms with Crippen molar-refractivity contribution in [3.8, 4) is 5.75 Å². The van der Waals surface area contributed by atoms with Crippen LogP contribution in [0.3, 0.4) is 0 Å². The highest BCUT2D eigenvalue weighted by Gasteiger charge is 2.27. The lowest BCUT2D eigenvalue weighted by Gasteiger charge is -2.33. The van der Waals surface area contributed by atoms with Crippen LogP contribution in [0.4, 0.5) is 0 Å². The molecule has 6 nitrogen and oxygen atoms in total. The lowest BCUT2D eigenvalue weighted by molar-refractivity contribution is -0.149. The number of esters is 1. The predicted octanol–water partition coefficient (Wildman–Crippen LogP) is 3.59. The normalized spacial score (nSPS) is 18.1. The van der Waals surface area contributed by atoms with Gasteiger partial charge in [0.15, 0.2) is 5.96 Å². The Morgan fingerprint density at radius 3 is 2.54 bits per heavy atom. The van der Waals surface area contributed by atoms with E-state index >= 15 is 0 Å². The number of hydrogen-bond donors (Lipinski definition) is 1. The van der Waals surface area contributed by atoms with Gasteiger partial charge in [0.1, 0.15) is 5.75 Å². The summed E-state index contributed by atoms with van der Waals surface area (Å²) in [5, 5.41) is 3.45. The van der Waals surface area contributed by atoms with Crippen molar-refractivity contribution in [1.29, 1.82) is 0 Å². The Hall–Kier alpha value is -1.51. The van der Waals surface area contributed by atoms with Crippen LogP contribution in [0.5, 0.6) is 5.75 Å². The van der Waals surface area contributed by atoms with Crippen molar-refractivity contribution >= 4 is 35.9 Å². The molecule has 2 aliphatic rings. The molecule has 1 N–H and O–H groups in total. The maximum atomic E-state index is 11.9. The van der Waals surface area contributed by atoms with Crippen LogP contribution in [0.15, 0.2) is 29.3 Å². The molecule has 3 rings (SSSR count). The molecule has 1 aliphatic carbocycles. The number of carbonyl (C=O) groups excluding carboxylic acids is 1. The van der Waals surface area contributed by atoms with Gasteiger partial charge in [0.05, 0.1) is 18.6 Å². The van der Waals surface area contributed by atoms with Gasteiger partial charge in [0.2, 0.25) is 0 Å². The first-order valence-electron chi connectivity index (χ1n) is 10.1. The van der Waals surface area contributed by atoms with E-state index in [1.165, 1.54) is 6.42 Å². The summed E-state index contributed by atoms with van der Waals surface area (Å²) in [4.78, 5) is 18.5. The van der Waals surface area contributed by atoms with Crippen molar-refractivity contribution in [1.82, 2.24) is 10.2 Å². The van der Waals surface area contributed by atoms with Crippen molar-refractivity contribution in [3.63, 3.8) is 0 Å². The average Bonchev–Trinajstić information content (AvgIpc) is 2.67. The number of para-hydroxylation sites is 1. The second kappa shape index (κ2) is 11.5. The highest BCUT2D eigenvalue weighted by Crippen LogP contribution is 2.27. The van der Waals surface area contributed by atoms with Gasteiger partial charge in [-0.1, -0.05) is 18.2 Å². The number of hydrogen-bond acceptors (Lipinski definition) is 4. The molecule has 0 atom stereocenters. The summed E-state index contributed by atoms with van der Waals surface area (Å²) in [6, 6.07) is 8.20. The number of likely N-dealkylation sites (tertiary alicyclic amines) is 1. The monoisotopic (exact) mass is 501 g/mol. The Labute approximate surface area is 185 Å². The SMILES string of the molecule is CCOC(=O)C1CCN(C(=NC)NCc2ccccc2OC2CCC2)CC1.I. The Balaban J connectivity index is 0.00000280. The van der Waals surface area contributed by atoms with E-state index in [-0.39, 0.29) is 35.9 Å². The minimum atomic E-state index is -0.0674. The molecule has 0 radical (unpaired) electrons. The number of guanidine groups is 1. The van der Waals surface area contributed by atoms with E-state index in [1.54, 1.807) is 7.05 Å². The van der Waals surface area contributed by atoms with Gasteiger partial charge in [-0.3, -0.25) is 9.79 Å². The average molecular weight is 501 g/mol. The number of ether oxygens (including phenoxy) is 2. The van der Waals surface area contributed by atoms with E-state index in [9.17, 15) is 4.79 Å². The number of piperidine rings is 1. The highest BCUT2D eigenvalue weighted by atomic mass is 127. The molecule has 1 saturated heterocycles. The fourth-order valence-electron chi connectivity index (χ4n) is 3.53. The zero-order chi connectivity index (χ0) is 19.1. The van der Waals surface area contributed by atoms with Gasteiger partial charge in [-0.2, -0.15) is 0 Å². The third-order valence-corrected chi connectivity index (χ3v) is 5.38. The summed E-state index contributed by atoms with van der Waals surface area (Å²) in [6.45, 7) is 4.59. The Kier molecular flexibility index (Phi) is 9.34. The smallest absolute Gasteiger partial charge is 0.309 e. The first-order chi connectivity index (χ1) is 13.2. The number of carbonyl (C=O) groups is 1. The van der Waals surface area contributed by atoms with Gasteiger partial charge in [-0.15, -0.1) is 24.0 Å². The Bertz CT molecular complexity index is 656. The van der Waals surface area contributed by atoms with E-state index in [4.69, 9.17) is 9.47 Å². The van der Waals surface area contributed by atoms with Crippen molar-refractivity contribution in [2.24, 2.45) is 10.9 Å². The van der Waals surface area contributed by atoms with E-state index < -0.39 is 0 Å². The van der Waals surface area contributed by atoms with Crippen LogP contribution in [-0.2, 0) is 16.1 Å². The molecule has 1 aliphatic heterocycles. The van der Waals surface area contributed by atoms with Crippen molar-refractivity contribution in [2.75, 3.05) is 26.7 Å². The maximum absolute atomic E-state index is 11.9. The zero-order valence-electron chi connectivity index (χ0n) is 16.9. The van der Waals surface area contributed by atoms with Crippen LogP contribution in [0.1, 0.15) is 44.6 Å². The minimum Gasteiger partial charge on any atom is -0.490 e. The molecule has 1 aromatic rings. The largest absolute Gasteiger partial charge is 0.490 e. The molecule has 0 amide bonds. The van der Waals surface area contributed by atoms with Crippen LogP contribution in [-0.4, -0.2) is 49.7 Å². The second-order valence-electron chi connectivity index (χ2n) is 7.19. The number of rotatable bonds is 6. The van der Waals surface area contributed by atoms with Gasteiger partial charge in [-0.25, -0.2) is 0 Å². The molecule has 1 aromatic carbocycles. The van der Waals surface area contributed by atoms with Crippen LogP contribution >= 0.6 is 24.0 Å². The van der Waals surface area contributed by atoms with Crippen LogP contribution in [0, 0.1) is 5.92 Å². The first-order valence-corrected chi connectivity index (χ1v) is 10.1. The number of nitrogens with zero attached hydrogens (tertiary/aromatic N) is 2. The van der Waals surface area contributed by atoms with Gasteiger partial charge in [-0.05, 0) is 45.1 Å². The van der Waals surface area contributed by atoms with Gasteiger partial charge < -0.3 is 19.7 Å². The fourth-order valence-corrected chi connectivity index (χ4v) is 3.53. The molecule has 0 spiro atoms. The Morgan fingerprint density at radius 1 is 1.21 bits per heavy atom. The summed E-state index contributed by atoms with van der Waals surface area (Å²) in [5.41, 5.74) is 1.15. The van der Waals surface area contributed by atoms with E-state index in [0.29, 0.717) is 19.3 Å². The molecule has 28 heavy (non-hydrogen) atoms. The standard InChI is InChI=1S/C21H31N3O3.HI/c1-3-26-20(25)16-11-13-24(14-12-16)21(22-2)23-15-17-7-4-5-10-19(17)27-18-8-6-9-18;/h4-5,7,10,16,18H,3,6,8-9,11-15H2,1-2H3,(H,22,23);1H. The van der Waals surface area contributed by atoms with Crippen LogP contribution < -0.4 is 10.1 Å². The first kappa shape index (κ1) is 22.8. The molecular formula is C21H32IN3O3. The van der Waals surface area contributed by atoms with Crippen LogP contribution in [0.2, 0.25) is 0 Å². The molecule has 2 fully saturated rings. The molecule has 0 bridgehead atoms. The number of benzene rings is 1. The molecule has 0 unspecified atom stereocenters. The number of nitrogens with one attached hydrogen (secondary N) is 1. The van der Waals surface area contributed by atoms with Crippen molar-refractivity contribution in [2.45, 2.75) is 51.7 Å². The summed E-state index contributed by atoms with van der Waals surface area (Å²) >= 11 is 0. The summed E-state index contributed by atoms with van der Waals surface area (Å²) in [7, 11) is 1.80.